The Balaban J connectivity index is 2.10. The summed E-state index contributed by atoms with van der Waals surface area (Å²) in [4.78, 5) is 11.0. The van der Waals surface area contributed by atoms with Gasteiger partial charge in [0.25, 0.3) is 0 Å². The number of hydrogen-bond acceptors (Lipinski definition) is 4. The Morgan fingerprint density at radius 1 is 1.29 bits per heavy atom. The highest BCUT2D eigenvalue weighted by molar-refractivity contribution is 5.88. The highest BCUT2D eigenvalue weighted by Crippen LogP contribution is 2.37. The van der Waals surface area contributed by atoms with Gasteiger partial charge in [-0.15, -0.1) is 0 Å². The van der Waals surface area contributed by atoms with Crippen LogP contribution in [0.4, 0.5) is 0 Å². The lowest BCUT2D eigenvalue weighted by molar-refractivity contribution is 0.0696. The Hall–Kier alpha value is -1.75. The molecule has 1 aliphatic rings. The van der Waals surface area contributed by atoms with Gasteiger partial charge in [0, 0.05) is 12.0 Å². The van der Waals surface area contributed by atoms with Crippen molar-refractivity contribution >= 4 is 5.97 Å². The quantitative estimate of drug-likeness (QED) is 0.842. The van der Waals surface area contributed by atoms with E-state index < -0.39 is 5.97 Å². The molecule has 0 spiro atoms. The molecule has 1 aromatic carbocycles. The molecule has 0 aromatic heterocycles. The summed E-state index contributed by atoms with van der Waals surface area (Å²) < 4.78 is 11.1. The summed E-state index contributed by atoms with van der Waals surface area (Å²) >= 11 is 0. The van der Waals surface area contributed by atoms with Crippen molar-refractivity contribution in [2.45, 2.75) is 32.1 Å². The third-order valence-electron chi connectivity index (χ3n) is 4.29. The molecule has 2 rings (SSSR count). The smallest absolute Gasteiger partial charge is 0.335 e. The molecule has 3 N–H and O–H groups in total. The van der Waals surface area contributed by atoms with Crippen LogP contribution in [0.2, 0.25) is 0 Å². The van der Waals surface area contributed by atoms with Crippen molar-refractivity contribution in [1.82, 2.24) is 0 Å². The highest BCUT2D eigenvalue weighted by atomic mass is 16.5. The first-order valence-corrected chi connectivity index (χ1v) is 7.34. The molecule has 0 radical (unpaired) electrons. The molecule has 116 valence electrons. The average Bonchev–Trinajstić information content (AvgIpc) is 2.53. The minimum absolute atomic E-state index is 0.0364. The van der Waals surface area contributed by atoms with E-state index in [4.69, 9.17) is 20.3 Å². The van der Waals surface area contributed by atoms with Crippen molar-refractivity contribution in [1.29, 1.82) is 0 Å². The van der Waals surface area contributed by atoms with E-state index in [1.54, 1.807) is 6.07 Å². The lowest BCUT2D eigenvalue weighted by Gasteiger charge is -2.35. The predicted molar refractivity (Wildman–Crippen MR) is 80.0 cm³/mol. The van der Waals surface area contributed by atoms with E-state index in [2.05, 4.69) is 0 Å². The zero-order valence-electron chi connectivity index (χ0n) is 12.4. The van der Waals surface area contributed by atoms with Crippen LogP contribution in [0.25, 0.3) is 0 Å². The van der Waals surface area contributed by atoms with Gasteiger partial charge < -0.3 is 20.3 Å². The second kappa shape index (κ2) is 6.80. The molecule has 0 heterocycles. The van der Waals surface area contributed by atoms with Crippen LogP contribution < -0.4 is 15.2 Å². The van der Waals surface area contributed by atoms with Crippen LogP contribution in [0.15, 0.2) is 18.2 Å². The Kier molecular flexibility index (Phi) is 5.07. The number of nitrogens with two attached hydrogens (primary N) is 1. The second-order valence-electron chi connectivity index (χ2n) is 5.72. The minimum atomic E-state index is -0.981. The van der Waals surface area contributed by atoms with Crippen LogP contribution in [0.3, 0.4) is 0 Å². The maximum atomic E-state index is 11.0. The Labute approximate surface area is 125 Å². The van der Waals surface area contributed by atoms with Crippen LogP contribution in [0.5, 0.6) is 11.5 Å². The lowest BCUT2D eigenvalue weighted by Crippen LogP contribution is -2.38. The van der Waals surface area contributed by atoms with Crippen molar-refractivity contribution in [2.24, 2.45) is 11.1 Å². The number of ether oxygens (including phenoxy) is 2. The van der Waals surface area contributed by atoms with E-state index in [1.807, 2.05) is 0 Å². The minimum Gasteiger partial charge on any atom is -0.493 e. The standard InChI is InChI=1S/C16H23NO4/c1-20-14-9-12(15(18)19)5-6-13(14)21-11-16(10-17)7-3-2-4-8-16/h5-6,9H,2-4,7-8,10-11,17H2,1H3,(H,18,19). The summed E-state index contributed by atoms with van der Waals surface area (Å²) in [6, 6.07) is 4.65. The van der Waals surface area contributed by atoms with E-state index in [-0.39, 0.29) is 11.0 Å². The van der Waals surface area contributed by atoms with E-state index in [0.717, 1.165) is 12.8 Å². The molecule has 0 saturated heterocycles. The van der Waals surface area contributed by atoms with Crippen LogP contribution >= 0.6 is 0 Å². The van der Waals surface area contributed by atoms with Crippen LogP contribution in [-0.4, -0.2) is 31.3 Å². The van der Waals surface area contributed by atoms with E-state index in [9.17, 15) is 4.79 Å². The monoisotopic (exact) mass is 293 g/mol. The van der Waals surface area contributed by atoms with Gasteiger partial charge in [-0.25, -0.2) is 4.79 Å². The SMILES string of the molecule is COc1cc(C(=O)O)ccc1OCC1(CN)CCCCC1. The van der Waals surface area contributed by atoms with Gasteiger partial charge in [0.2, 0.25) is 0 Å². The van der Waals surface area contributed by atoms with Gasteiger partial charge in [-0.3, -0.25) is 0 Å². The first-order valence-electron chi connectivity index (χ1n) is 7.34. The number of carboxylic acid groups (broad SMARTS) is 1. The van der Waals surface area contributed by atoms with Gasteiger partial charge in [0.05, 0.1) is 19.3 Å². The molecule has 0 amide bonds. The van der Waals surface area contributed by atoms with Gasteiger partial charge in [0.15, 0.2) is 11.5 Å². The van der Waals surface area contributed by atoms with Crippen LogP contribution in [0.1, 0.15) is 42.5 Å². The maximum absolute atomic E-state index is 11.0. The number of hydrogen-bond donors (Lipinski definition) is 2. The summed E-state index contributed by atoms with van der Waals surface area (Å²) in [6.07, 6.45) is 5.81. The summed E-state index contributed by atoms with van der Waals surface area (Å²) in [5.74, 6) is 0.0318. The second-order valence-corrected chi connectivity index (χ2v) is 5.72. The number of rotatable bonds is 6. The zero-order valence-corrected chi connectivity index (χ0v) is 12.4. The van der Waals surface area contributed by atoms with Gasteiger partial charge in [-0.2, -0.15) is 0 Å². The summed E-state index contributed by atoms with van der Waals surface area (Å²) in [6.45, 7) is 1.16. The maximum Gasteiger partial charge on any atom is 0.335 e. The lowest BCUT2D eigenvalue weighted by atomic mass is 9.75. The zero-order chi connectivity index (χ0) is 15.3. The fourth-order valence-corrected chi connectivity index (χ4v) is 2.86. The van der Waals surface area contributed by atoms with Gasteiger partial charge in [0.1, 0.15) is 0 Å². The van der Waals surface area contributed by atoms with E-state index in [1.165, 1.54) is 38.5 Å². The van der Waals surface area contributed by atoms with Gasteiger partial charge in [-0.1, -0.05) is 19.3 Å². The Morgan fingerprint density at radius 3 is 2.57 bits per heavy atom. The number of benzene rings is 1. The number of carbonyl (C=O) groups is 1. The van der Waals surface area contributed by atoms with Crippen molar-refractivity contribution in [3.8, 4) is 11.5 Å². The van der Waals surface area contributed by atoms with Crippen molar-refractivity contribution in [3.05, 3.63) is 23.8 Å². The number of methoxy groups -OCH3 is 1. The summed E-state index contributed by atoms with van der Waals surface area (Å²) in [7, 11) is 1.51. The first kappa shape index (κ1) is 15.6. The van der Waals surface area contributed by atoms with Crippen LogP contribution in [0, 0.1) is 5.41 Å². The molecule has 5 nitrogen and oxygen atoms in total. The molecule has 1 aliphatic carbocycles. The molecule has 21 heavy (non-hydrogen) atoms. The Bertz CT molecular complexity index is 495. The third-order valence-corrected chi connectivity index (χ3v) is 4.29. The number of carboxylic acids is 1. The molecule has 5 heteroatoms. The topological polar surface area (TPSA) is 81.8 Å². The fraction of sp³-hybridized carbons (Fsp3) is 0.562. The Morgan fingerprint density at radius 2 is 2.00 bits per heavy atom. The molecule has 1 saturated carbocycles. The fourth-order valence-electron chi connectivity index (χ4n) is 2.86. The van der Waals surface area contributed by atoms with Crippen LogP contribution in [-0.2, 0) is 0 Å². The predicted octanol–water partition coefficient (Wildman–Crippen LogP) is 2.68. The third kappa shape index (κ3) is 3.67. The van der Waals surface area contributed by atoms with E-state index >= 15 is 0 Å². The average molecular weight is 293 g/mol. The van der Waals surface area contributed by atoms with Crippen molar-refractivity contribution in [2.75, 3.05) is 20.3 Å². The van der Waals surface area contributed by atoms with Crippen molar-refractivity contribution < 1.29 is 19.4 Å². The molecule has 1 fully saturated rings. The first-order chi connectivity index (χ1) is 10.1. The molecule has 0 atom stereocenters. The largest absolute Gasteiger partial charge is 0.493 e. The molecule has 0 bridgehead atoms. The molecule has 1 aromatic rings. The van der Waals surface area contributed by atoms with Gasteiger partial charge >= 0.3 is 5.97 Å². The number of aromatic carboxylic acids is 1. The molecular weight excluding hydrogens is 270 g/mol. The van der Waals surface area contributed by atoms with Gasteiger partial charge in [-0.05, 0) is 31.0 Å². The molecule has 0 unspecified atom stereocenters. The highest BCUT2D eigenvalue weighted by Gasteiger charge is 2.31. The normalized spacial score (nSPS) is 17.2. The molecule has 0 aliphatic heterocycles. The van der Waals surface area contributed by atoms with E-state index in [0.29, 0.717) is 24.7 Å². The molecular formula is C16H23NO4. The summed E-state index contributed by atoms with van der Waals surface area (Å²) in [5.41, 5.74) is 6.17. The van der Waals surface area contributed by atoms with Crippen molar-refractivity contribution in [3.63, 3.8) is 0 Å². The summed E-state index contributed by atoms with van der Waals surface area (Å²) in [5, 5.41) is 9.00.